The molecule has 16 N–H and O–H groups in total. The van der Waals surface area contributed by atoms with Gasteiger partial charge in [-0.2, -0.15) is 0 Å². The van der Waals surface area contributed by atoms with Crippen molar-refractivity contribution in [2.75, 3.05) is 13.2 Å². The Hall–Kier alpha value is -7.61. The summed E-state index contributed by atoms with van der Waals surface area (Å²) in [5, 5.41) is 55.9. The van der Waals surface area contributed by atoms with Crippen molar-refractivity contribution in [3.63, 3.8) is 0 Å². The quantitative estimate of drug-likeness (QED) is 0.0292. The molecule has 0 aromatic carbocycles. The average Bonchev–Trinajstić information content (AvgIpc) is 1.65. The van der Waals surface area contributed by atoms with Gasteiger partial charge in [0.25, 0.3) is 0 Å². The number of esters is 1. The van der Waals surface area contributed by atoms with Crippen molar-refractivity contribution in [1.82, 2.24) is 52.8 Å². The number of primary amides is 2. The maximum Gasteiger partial charge on any atom is 0.307 e. The number of nitrogens with two attached hydrogens (primary N) is 2. The topological polar surface area (TPSA) is 482 Å². The number of carbonyl (C=O) groups excluding carboxylic acids is 14. The Balaban J connectivity index is 1.89. The number of nitrogens with one attached hydrogen (secondary N) is 9. The van der Waals surface area contributed by atoms with Gasteiger partial charge in [0.2, 0.25) is 82.1 Å². The van der Waals surface area contributed by atoms with Gasteiger partial charge in [-0.15, -0.1) is 0 Å². The summed E-state index contributed by atoms with van der Waals surface area (Å²) < 4.78 is 11.7. The molecule has 4 rings (SSSR count). The van der Waals surface area contributed by atoms with Crippen LogP contribution in [0.25, 0.3) is 0 Å². The number of aliphatic hydroxyl groups is 3. The van der Waals surface area contributed by atoms with E-state index in [-0.39, 0.29) is 81.1 Å². The number of halogens is 1. The van der Waals surface area contributed by atoms with Crippen molar-refractivity contribution in [2.24, 2.45) is 23.3 Å². The Kier molecular flexibility index (Phi) is 30.7. The van der Waals surface area contributed by atoms with Gasteiger partial charge < -0.3 is 89.0 Å². The number of Topliss-reactive ketones (excluding diaryl/α,β-unsaturated/α-hetero) is 2. The first kappa shape index (κ1) is 79.8. The monoisotopic (exact) mass is 1360 g/mol. The number of hydrogen-bond donors (Lipinski definition) is 14. The van der Waals surface area contributed by atoms with Gasteiger partial charge in [0, 0.05) is 43.3 Å². The van der Waals surface area contributed by atoms with E-state index in [0.29, 0.717) is 25.7 Å². The van der Waals surface area contributed by atoms with Gasteiger partial charge in [0.1, 0.15) is 60.5 Å². The minimum atomic E-state index is -2.42. The fraction of sp³-hybridized carbons (Fsp3) is 0.714. The van der Waals surface area contributed by atoms with Gasteiger partial charge in [0.15, 0.2) is 5.72 Å². The Morgan fingerprint density at radius 2 is 1.03 bits per heavy atom. The van der Waals surface area contributed by atoms with Gasteiger partial charge in [-0.3, -0.25) is 67.1 Å². The normalized spacial score (nSPS) is 28.9. The molecule has 32 heteroatoms. The van der Waals surface area contributed by atoms with Crippen LogP contribution in [0.2, 0.25) is 0 Å². The number of aliphatic hydroxyl groups excluding tert-OH is 3. The molecular weight excluding hydrogens is 1260 g/mol. The molecule has 4 aliphatic rings. The van der Waals surface area contributed by atoms with Crippen molar-refractivity contribution in [3.05, 3.63) is 22.4 Å². The van der Waals surface area contributed by atoms with Crippen molar-refractivity contribution >= 4 is 94.1 Å². The lowest BCUT2D eigenvalue weighted by Crippen LogP contribution is -2.62. The number of ether oxygens (including phenoxy) is 2. The Labute approximate surface area is 558 Å². The van der Waals surface area contributed by atoms with Crippen LogP contribution in [0.3, 0.4) is 0 Å². The Morgan fingerprint density at radius 1 is 0.600 bits per heavy atom. The van der Waals surface area contributed by atoms with Crippen LogP contribution >= 0.6 is 11.6 Å². The summed E-state index contributed by atoms with van der Waals surface area (Å²) in [6.45, 7) is 15.0. The molecule has 0 radical (unpaired) electrons. The average molecular weight is 1360 g/mol. The molecule has 95 heavy (non-hydrogen) atoms. The van der Waals surface area contributed by atoms with Crippen LogP contribution in [0.1, 0.15) is 178 Å². The lowest BCUT2D eigenvalue weighted by atomic mass is 9.74. The molecule has 14 atom stereocenters. The number of rotatable bonds is 24. The Bertz CT molecular complexity index is 2910. The summed E-state index contributed by atoms with van der Waals surface area (Å²) >= 11 is 6.67. The van der Waals surface area contributed by atoms with Gasteiger partial charge in [-0.1, -0.05) is 91.7 Å². The standard InChI is InChI=1S/C63H99ClN12O19/c1-11-13-14-15-16-17-21-37-54(86)68-38(22-18-24-76-30-36-46(51(83)63(76)23-19-25-94-63)47(64)52(84)62(10,50(36)82)95-45(81)20-12-2)55(87)74-48(34(8)77)60(92)67-33(7)53(85)70-41(28-43(65)79)57(89)72-42(29-44(66)80)58(90)71-40(27-32(5)6)59(91)75-49(35(9)78)61(93)73-39(26-31(3)4)56(88)69-37/h30-35,37-42,48-49,51,77-78,83H,11-29H2,1-10H3,(H2,65,79)(H2,66,80)(H,67,92)(H,68,86)(H,69,88)(H,70,85)(H,71,90)(H,72,89)(H,73,93)(H,74,87)(H,75,91)/t33-,34+,35+,37-,38+,39-,40-,41-,42+,48-,49-,51+,62+,63-/m0/s1. The van der Waals surface area contributed by atoms with Crippen LogP contribution < -0.4 is 59.3 Å². The lowest BCUT2D eigenvalue weighted by Gasteiger charge is -2.49. The van der Waals surface area contributed by atoms with Gasteiger partial charge in [-0.05, 0) is 84.5 Å². The minimum Gasteiger partial charge on any atom is -0.442 e. The highest BCUT2D eigenvalue weighted by atomic mass is 35.5. The van der Waals surface area contributed by atoms with Crippen molar-refractivity contribution in [3.8, 4) is 0 Å². The smallest absolute Gasteiger partial charge is 0.307 e. The van der Waals surface area contributed by atoms with Crippen LogP contribution in [0.5, 0.6) is 0 Å². The van der Waals surface area contributed by atoms with Crippen LogP contribution in [0.15, 0.2) is 22.4 Å². The molecule has 11 amide bonds. The highest BCUT2D eigenvalue weighted by Gasteiger charge is 2.60. The van der Waals surface area contributed by atoms with Gasteiger partial charge in [-0.25, -0.2) is 0 Å². The van der Waals surface area contributed by atoms with E-state index in [2.05, 4.69) is 47.9 Å². The van der Waals surface area contributed by atoms with Crippen LogP contribution in [-0.2, 0) is 76.6 Å². The van der Waals surface area contributed by atoms with E-state index >= 15 is 4.79 Å². The molecule has 3 aliphatic heterocycles. The van der Waals surface area contributed by atoms with E-state index in [1.807, 2.05) is 6.92 Å². The van der Waals surface area contributed by atoms with Crippen LogP contribution in [0.4, 0.5) is 0 Å². The number of unbranched alkanes of at least 4 members (excludes halogenated alkanes) is 5. The zero-order valence-corrected chi connectivity index (χ0v) is 56.7. The maximum absolute atomic E-state index is 15.0. The molecule has 3 heterocycles. The van der Waals surface area contributed by atoms with Gasteiger partial charge in [0.05, 0.1) is 30.1 Å². The molecule has 1 aliphatic carbocycles. The molecular formula is C63H99ClN12O19. The first-order valence-electron chi connectivity index (χ1n) is 32.7. The number of hydrogen-bond acceptors (Lipinski definition) is 20. The minimum absolute atomic E-state index is 0.0310. The summed E-state index contributed by atoms with van der Waals surface area (Å²) in [4.78, 5) is 196. The number of carbonyl (C=O) groups is 14. The van der Waals surface area contributed by atoms with E-state index in [9.17, 15) is 77.6 Å². The number of nitrogens with zero attached hydrogens (tertiary/aromatic N) is 1. The third-order valence-electron chi connectivity index (χ3n) is 16.8. The highest BCUT2D eigenvalue weighted by molar-refractivity contribution is 6.49. The lowest BCUT2D eigenvalue weighted by molar-refractivity contribution is -0.174. The third-order valence-corrected chi connectivity index (χ3v) is 17.1. The second-order valence-electron chi connectivity index (χ2n) is 25.9. The number of amides is 11. The molecule has 532 valence electrons. The second kappa shape index (κ2) is 36.5. The zero-order chi connectivity index (χ0) is 71.4. The summed E-state index contributed by atoms with van der Waals surface area (Å²) in [5.74, 6) is -15.8. The van der Waals surface area contributed by atoms with Crippen LogP contribution in [0, 0.1) is 11.8 Å². The first-order valence-corrected chi connectivity index (χ1v) is 33.1. The summed E-state index contributed by atoms with van der Waals surface area (Å²) in [5.41, 5.74) is 6.34. The molecule has 0 unspecified atom stereocenters. The van der Waals surface area contributed by atoms with Crippen LogP contribution in [-0.4, -0.2) is 200 Å². The molecule has 0 aromatic rings. The van der Waals surface area contributed by atoms with Gasteiger partial charge >= 0.3 is 5.97 Å². The fourth-order valence-electron chi connectivity index (χ4n) is 11.6. The molecule has 1 spiro atoms. The molecule has 31 nitrogen and oxygen atoms in total. The predicted octanol–water partition coefficient (Wildman–Crippen LogP) is -1.67. The fourth-order valence-corrected chi connectivity index (χ4v) is 12.0. The van der Waals surface area contributed by atoms with E-state index in [1.54, 1.807) is 34.6 Å². The zero-order valence-electron chi connectivity index (χ0n) is 55.9. The molecule has 2 fully saturated rings. The summed E-state index contributed by atoms with van der Waals surface area (Å²) in [6, 6.07) is -15.3. The predicted molar refractivity (Wildman–Crippen MR) is 341 cm³/mol. The van der Waals surface area contributed by atoms with E-state index in [0.717, 1.165) is 46.5 Å². The molecule has 0 aromatic heterocycles. The summed E-state index contributed by atoms with van der Waals surface area (Å²) in [7, 11) is 0. The third kappa shape index (κ3) is 22.0. The molecule has 0 saturated carbocycles. The van der Waals surface area contributed by atoms with E-state index < -0.39 is 184 Å². The van der Waals surface area contributed by atoms with E-state index in [1.165, 1.54) is 18.0 Å². The summed E-state index contributed by atoms with van der Waals surface area (Å²) in [6.07, 6.45) is -1.28. The Morgan fingerprint density at radius 3 is 1.52 bits per heavy atom. The van der Waals surface area contributed by atoms with Crippen molar-refractivity contribution < 1.29 is 91.9 Å². The van der Waals surface area contributed by atoms with Crippen molar-refractivity contribution in [1.29, 1.82) is 0 Å². The highest BCUT2D eigenvalue weighted by Crippen LogP contribution is 2.48. The molecule has 2 saturated heterocycles. The van der Waals surface area contributed by atoms with E-state index in [4.69, 9.17) is 32.5 Å². The van der Waals surface area contributed by atoms with Crippen molar-refractivity contribution in [2.45, 2.75) is 262 Å². The molecule has 0 bridgehead atoms. The first-order chi connectivity index (χ1) is 44.5. The second-order valence-corrected chi connectivity index (χ2v) is 26.3. The maximum atomic E-state index is 15.0. The largest absolute Gasteiger partial charge is 0.442 e. The number of fused-ring (bicyclic) bond motifs is 1. The SMILES string of the molecule is CCCCCCCC[C@@H]1NC(=O)[C@H](CC(C)C)NC(=O)[C@H]([C@@H](C)O)NC(=O)[C@H](CC(C)C)NC(=O)[C@@H](CC(N)=O)NC(=O)[C@H](CC(N)=O)NC(=O)[C@H](C)NC(=O)[C@H]([C@@H](C)O)NC(=O)[C@@H](CCCN2C=C3C(=O)[C@@](C)(OC(=O)CCC)C(=O)C(Cl)=C3[C@@H](O)[C@@]23CCCO3)NC1=O. The number of ketones is 2.